The van der Waals surface area contributed by atoms with Crippen LogP contribution >= 0.6 is 0 Å². The molecule has 2 aliphatic heterocycles. The summed E-state index contributed by atoms with van der Waals surface area (Å²) >= 11 is 0. The van der Waals surface area contributed by atoms with Crippen molar-refractivity contribution in [2.45, 2.75) is 31.8 Å². The van der Waals surface area contributed by atoms with Gasteiger partial charge in [0.05, 0.1) is 19.8 Å². The smallest absolute Gasteiger partial charge is 0.224 e. The molecule has 7 nitrogen and oxygen atoms in total. The lowest BCUT2D eigenvalue weighted by Gasteiger charge is -2.29. The van der Waals surface area contributed by atoms with Crippen molar-refractivity contribution in [1.29, 1.82) is 0 Å². The molecule has 3 rings (SSSR count). The minimum Gasteiger partial charge on any atom is -0.378 e. The summed E-state index contributed by atoms with van der Waals surface area (Å²) in [6.45, 7) is 5.61. The number of likely N-dealkylation sites (tertiary alicyclic amines) is 1. The van der Waals surface area contributed by atoms with Crippen molar-refractivity contribution in [2.24, 2.45) is 0 Å². The minimum absolute atomic E-state index is 0.254. The molecule has 21 heavy (non-hydrogen) atoms. The first kappa shape index (κ1) is 14.5. The molecular formula is C14H23N5O2. The van der Waals surface area contributed by atoms with Gasteiger partial charge in [-0.15, -0.1) is 0 Å². The Hall–Kier alpha value is -1.47. The summed E-state index contributed by atoms with van der Waals surface area (Å²) in [6, 6.07) is 0.476. The van der Waals surface area contributed by atoms with Crippen LogP contribution in [0, 0.1) is 0 Å². The molecule has 0 radical (unpaired) electrons. The molecule has 1 unspecified atom stereocenters. The van der Waals surface area contributed by atoms with Crippen molar-refractivity contribution >= 4 is 5.91 Å². The van der Waals surface area contributed by atoms with Gasteiger partial charge >= 0.3 is 0 Å². The number of morpholine rings is 1. The van der Waals surface area contributed by atoms with E-state index >= 15 is 0 Å². The first-order valence-electron chi connectivity index (χ1n) is 7.75. The third-order valence-corrected chi connectivity index (χ3v) is 4.34. The number of hydrogen-bond acceptors (Lipinski definition) is 5. The SMILES string of the molecule is O=C(CCN1CCCC1Cn1cncn1)N1CCOCC1. The monoisotopic (exact) mass is 293 g/mol. The quantitative estimate of drug-likeness (QED) is 0.764. The zero-order chi connectivity index (χ0) is 14.5. The molecule has 1 aromatic rings. The molecule has 1 amide bonds. The van der Waals surface area contributed by atoms with Gasteiger partial charge in [0.2, 0.25) is 5.91 Å². The molecule has 2 saturated heterocycles. The average molecular weight is 293 g/mol. The van der Waals surface area contributed by atoms with Gasteiger partial charge in [0, 0.05) is 32.1 Å². The van der Waals surface area contributed by atoms with Crippen LogP contribution in [0.5, 0.6) is 0 Å². The predicted molar refractivity (Wildman–Crippen MR) is 76.6 cm³/mol. The van der Waals surface area contributed by atoms with Crippen LogP contribution in [0.15, 0.2) is 12.7 Å². The van der Waals surface area contributed by atoms with Crippen LogP contribution in [0.3, 0.4) is 0 Å². The van der Waals surface area contributed by atoms with Gasteiger partial charge in [-0.05, 0) is 19.4 Å². The number of amides is 1. The highest BCUT2D eigenvalue weighted by Crippen LogP contribution is 2.19. The Bertz CT molecular complexity index is 444. The van der Waals surface area contributed by atoms with Gasteiger partial charge in [-0.2, -0.15) is 5.10 Å². The van der Waals surface area contributed by atoms with Gasteiger partial charge in [0.25, 0.3) is 0 Å². The van der Waals surface area contributed by atoms with Crippen LogP contribution in [0.4, 0.5) is 0 Å². The third kappa shape index (κ3) is 3.79. The highest BCUT2D eigenvalue weighted by atomic mass is 16.5. The van der Waals surface area contributed by atoms with Crippen molar-refractivity contribution in [1.82, 2.24) is 24.6 Å². The summed E-state index contributed by atoms with van der Waals surface area (Å²) in [6.07, 6.45) is 6.31. The molecule has 0 aliphatic carbocycles. The van der Waals surface area contributed by atoms with Crippen LogP contribution in [0.1, 0.15) is 19.3 Å². The van der Waals surface area contributed by atoms with Gasteiger partial charge in [0.1, 0.15) is 12.7 Å². The third-order valence-electron chi connectivity index (χ3n) is 4.34. The van der Waals surface area contributed by atoms with Crippen LogP contribution in [0.2, 0.25) is 0 Å². The fourth-order valence-corrected chi connectivity index (χ4v) is 3.15. The highest BCUT2D eigenvalue weighted by molar-refractivity contribution is 5.76. The number of carbonyl (C=O) groups is 1. The van der Waals surface area contributed by atoms with E-state index in [1.54, 1.807) is 12.7 Å². The molecule has 0 N–H and O–H groups in total. The number of rotatable bonds is 5. The van der Waals surface area contributed by atoms with E-state index in [2.05, 4.69) is 15.0 Å². The van der Waals surface area contributed by atoms with Crippen LogP contribution in [-0.2, 0) is 16.1 Å². The zero-order valence-electron chi connectivity index (χ0n) is 12.4. The first-order chi connectivity index (χ1) is 10.3. The van der Waals surface area contributed by atoms with Crippen molar-refractivity contribution < 1.29 is 9.53 Å². The summed E-state index contributed by atoms with van der Waals surface area (Å²) in [7, 11) is 0. The molecule has 0 spiro atoms. The van der Waals surface area contributed by atoms with Crippen molar-refractivity contribution in [3.8, 4) is 0 Å². The van der Waals surface area contributed by atoms with Crippen LogP contribution < -0.4 is 0 Å². The number of aromatic nitrogens is 3. The zero-order valence-corrected chi connectivity index (χ0v) is 12.4. The van der Waals surface area contributed by atoms with E-state index in [-0.39, 0.29) is 5.91 Å². The Labute approximate surface area is 124 Å². The van der Waals surface area contributed by atoms with E-state index in [0.29, 0.717) is 25.7 Å². The van der Waals surface area contributed by atoms with E-state index < -0.39 is 0 Å². The van der Waals surface area contributed by atoms with Gasteiger partial charge in [0.15, 0.2) is 0 Å². The Morgan fingerprint density at radius 1 is 1.29 bits per heavy atom. The Morgan fingerprint density at radius 2 is 2.14 bits per heavy atom. The van der Waals surface area contributed by atoms with E-state index in [1.165, 1.54) is 12.8 Å². The predicted octanol–water partition coefficient (Wildman–Crippen LogP) is -0.00860. The second kappa shape index (κ2) is 7.00. The standard InChI is InChI=1S/C14H23N5O2/c20-14(18-6-8-21-9-7-18)3-5-17-4-1-2-13(17)10-19-12-15-11-16-19/h11-13H,1-10H2. The molecule has 1 atom stereocenters. The molecule has 1 aromatic heterocycles. The first-order valence-corrected chi connectivity index (χ1v) is 7.75. The number of nitrogens with zero attached hydrogens (tertiary/aromatic N) is 5. The van der Waals surface area contributed by atoms with Gasteiger partial charge in [-0.1, -0.05) is 0 Å². The largest absolute Gasteiger partial charge is 0.378 e. The van der Waals surface area contributed by atoms with Crippen LogP contribution in [-0.4, -0.2) is 75.9 Å². The maximum Gasteiger partial charge on any atom is 0.224 e. The Morgan fingerprint density at radius 3 is 2.90 bits per heavy atom. The van der Waals surface area contributed by atoms with Crippen molar-refractivity contribution in [3.63, 3.8) is 0 Å². The fourth-order valence-electron chi connectivity index (χ4n) is 3.15. The molecule has 3 heterocycles. The lowest BCUT2D eigenvalue weighted by Crippen LogP contribution is -2.42. The normalized spacial score (nSPS) is 23.6. The van der Waals surface area contributed by atoms with E-state index in [1.807, 2.05) is 9.58 Å². The number of ether oxygens (including phenoxy) is 1. The van der Waals surface area contributed by atoms with Gasteiger partial charge in [-0.25, -0.2) is 4.98 Å². The molecule has 0 bridgehead atoms. The molecule has 7 heteroatoms. The van der Waals surface area contributed by atoms with Gasteiger partial charge in [-0.3, -0.25) is 14.4 Å². The number of hydrogen-bond donors (Lipinski definition) is 0. The Balaban J connectivity index is 1.46. The maximum absolute atomic E-state index is 12.2. The molecule has 0 saturated carbocycles. The minimum atomic E-state index is 0.254. The van der Waals surface area contributed by atoms with E-state index in [0.717, 1.165) is 32.7 Å². The van der Waals surface area contributed by atoms with E-state index in [9.17, 15) is 4.79 Å². The lowest BCUT2D eigenvalue weighted by molar-refractivity contribution is -0.135. The Kier molecular flexibility index (Phi) is 4.82. The topological polar surface area (TPSA) is 63.5 Å². The van der Waals surface area contributed by atoms with E-state index in [4.69, 9.17) is 4.74 Å². The summed E-state index contributed by atoms with van der Waals surface area (Å²) < 4.78 is 7.17. The highest BCUT2D eigenvalue weighted by Gasteiger charge is 2.26. The molecule has 0 aromatic carbocycles. The maximum atomic E-state index is 12.2. The molecule has 2 aliphatic rings. The summed E-state index contributed by atoms with van der Waals surface area (Å²) in [5.41, 5.74) is 0. The average Bonchev–Trinajstić information content (AvgIpc) is 3.18. The molecule has 116 valence electrons. The second-order valence-corrected chi connectivity index (χ2v) is 5.69. The molecular weight excluding hydrogens is 270 g/mol. The van der Waals surface area contributed by atoms with Crippen molar-refractivity contribution in [2.75, 3.05) is 39.4 Å². The van der Waals surface area contributed by atoms with Crippen LogP contribution in [0.25, 0.3) is 0 Å². The second-order valence-electron chi connectivity index (χ2n) is 5.69. The fraction of sp³-hybridized carbons (Fsp3) is 0.786. The summed E-state index contributed by atoms with van der Waals surface area (Å²) in [5, 5.41) is 4.17. The van der Waals surface area contributed by atoms with Gasteiger partial charge < -0.3 is 9.64 Å². The summed E-state index contributed by atoms with van der Waals surface area (Å²) in [5.74, 6) is 0.254. The molecule has 2 fully saturated rings. The number of carbonyl (C=O) groups excluding carboxylic acids is 1. The lowest BCUT2D eigenvalue weighted by atomic mass is 10.2. The summed E-state index contributed by atoms with van der Waals surface area (Å²) in [4.78, 5) is 20.5. The van der Waals surface area contributed by atoms with Crippen molar-refractivity contribution in [3.05, 3.63) is 12.7 Å².